The van der Waals surface area contributed by atoms with E-state index in [0.717, 1.165) is 69.5 Å². The van der Waals surface area contributed by atoms with Crippen LogP contribution in [0.2, 0.25) is 0 Å². The molecule has 0 aromatic carbocycles. The fourth-order valence-corrected chi connectivity index (χ4v) is 2.15. The number of aromatic nitrogens is 3. The number of guanidine groups is 1. The van der Waals surface area contributed by atoms with E-state index in [1.54, 1.807) is 6.33 Å². The summed E-state index contributed by atoms with van der Waals surface area (Å²) in [5.41, 5.74) is 1.04. The molecule has 150 valence electrons. The fraction of sp³-hybridized carbons (Fsp3) is 0.722. The minimum absolute atomic E-state index is 0. The molecule has 0 fully saturated rings. The van der Waals surface area contributed by atoms with E-state index in [0.29, 0.717) is 6.54 Å². The lowest BCUT2D eigenvalue weighted by atomic mass is 10.3. The van der Waals surface area contributed by atoms with Gasteiger partial charge in [0.25, 0.3) is 0 Å². The second kappa shape index (κ2) is 16.0. The topological polar surface area (TPSA) is 76.4 Å². The maximum Gasteiger partial charge on any atom is 0.191 e. The van der Waals surface area contributed by atoms with E-state index in [-0.39, 0.29) is 24.0 Å². The lowest BCUT2D eigenvalue weighted by Gasteiger charge is -2.13. The summed E-state index contributed by atoms with van der Waals surface area (Å²) >= 11 is 0. The van der Waals surface area contributed by atoms with Crippen LogP contribution in [0.15, 0.2) is 23.5 Å². The Morgan fingerprint density at radius 3 is 2.65 bits per heavy atom. The van der Waals surface area contributed by atoms with E-state index in [1.807, 2.05) is 6.92 Å². The lowest BCUT2D eigenvalue weighted by molar-refractivity contribution is 0.129. The first-order chi connectivity index (χ1) is 12.2. The summed E-state index contributed by atoms with van der Waals surface area (Å²) in [6, 6.07) is 0. The van der Waals surface area contributed by atoms with Crippen molar-refractivity contribution in [2.75, 3.05) is 32.8 Å². The number of ether oxygens (including phenoxy) is 1. The average molecular weight is 478 g/mol. The van der Waals surface area contributed by atoms with Crippen LogP contribution in [-0.4, -0.2) is 53.6 Å². The highest BCUT2D eigenvalue weighted by Crippen LogP contribution is 1.95. The fourth-order valence-electron chi connectivity index (χ4n) is 2.15. The van der Waals surface area contributed by atoms with Gasteiger partial charge in [-0.15, -0.1) is 34.2 Å². The largest absolute Gasteiger partial charge is 0.381 e. The maximum atomic E-state index is 5.58. The Morgan fingerprint density at radius 2 is 1.96 bits per heavy atom. The molecule has 1 aromatic heterocycles. The Hall–Kier alpha value is -1.16. The Morgan fingerprint density at radius 1 is 1.23 bits per heavy atom. The molecule has 0 aliphatic heterocycles. The quantitative estimate of drug-likeness (QED) is 0.150. The summed E-state index contributed by atoms with van der Waals surface area (Å²) in [6.45, 7) is 14.8. The van der Waals surface area contributed by atoms with Crippen LogP contribution in [0.3, 0.4) is 0 Å². The first kappa shape index (κ1) is 24.8. The molecule has 0 saturated carbocycles. The highest BCUT2D eigenvalue weighted by molar-refractivity contribution is 14.0. The van der Waals surface area contributed by atoms with Crippen molar-refractivity contribution in [3.63, 3.8) is 0 Å². The summed E-state index contributed by atoms with van der Waals surface area (Å²) in [4.78, 5) is 4.55. The summed E-state index contributed by atoms with van der Waals surface area (Å²) in [5, 5.41) is 14.8. The molecule has 0 amide bonds. The van der Waals surface area contributed by atoms with Crippen LogP contribution in [0.25, 0.3) is 0 Å². The van der Waals surface area contributed by atoms with Gasteiger partial charge in [-0.2, -0.15) is 0 Å². The first-order valence-electron chi connectivity index (χ1n) is 9.28. The molecule has 1 aromatic rings. The van der Waals surface area contributed by atoms with Gasteiger partial charge in [0.2, 0.25) is 0 Å². The number of unbranched alkanes of at least 4 members (excludes halogenated alkanes) is 1. The zero-order valence-corrected chi connectivity index (χ0v) is 18.8. The molecule has 0 bridgehead atoms. The van der Waals surface area contributed by atoms with Crippen molar-refractivity contribution in [1.82, 2.24) is 25.4 Å². The summed E-state index contributed by atoms with van der Waals surface area (Å²) in [6.07, 6.45) is 5.91. The summed E-state index contributed by atoms with van der Waals surface area (Å²) in [5.74, 6) is 1.81. The van der Waals surface area contributed by atoms with E-state index in [9.17, 15) is 0 Å². The second-order valence-corrected chi connectivity index (χ2v) is 6.09. The van der Waals surface area contributed by atoms with Gasteiger partial charge in [-0.3, -0.25) is 0 Å². The van der Waals surface area contributed by atoms with E-state index in [2.05, 4.69) is 50.8 Å². The number of nitrogens with one attached hydrogen (secondary N) is 2. The minimum Gasteiger partial charge on any atom is -0.381 e. The summed E-state index contributed by atoms with van der Waals surface area (Å²) < 4.78 is 7.64. The molecule has 2 N–H and O–H groups in total. The van der Waals surface area contributed by atoms with Crippen LogP contribution < -0.4 is 10.6 Å². The van der Waals surface area contributed by atoms with Crippen molar-refractivity contribution in [3.05, 3.63) is 24.3 Å². The molecule has 7 nitrogen and oxygen atoms in total. The zero-order valence-electron chi connectivity index (χ0n) is 16.5. The Bertz CT molecular complexity index is 518. The average Bonchev–Trinajstić information content (AvgIpc) is 3.05. The zero-order chi connectivity index (χ0) is 18.3. The molecule has 0 aliphatic carbocycles. The van der Waals surface area contributed by atoms with Crippen LogP contribution >= 0.6 is 24.0 Å². The molecule has 0 spiro atoms. The normalized spacial score (nSPS) is 11.1. The Labute approximate surface area is 175 Å². The van der Waals surface area contributed by atoms with Crippen LogP contribution in [-0.2, 0) is 17.7 Å². The van der Waals surface area contributed by atoms with Gasteiger partial charge in [0.05, 0.1) is 6.54 Å². The second-order valence-electron chi connectivity index (χ2n) is 6.09. The van der Waals surface area contributed by atoms with Crippen LogP contribution in [0.4, 0.5) is 0 Å². The molecular weight excluding hydrogens is 443 g/mol. The Kier molecular flexibility index (Phi) is 15.3. The van der Waals surface area contributed by atoms with E-state index in [4.69, 9.17) is 4.74 Å². The molecule has 0 saturated heterocycles. The lowest BCUT2D eigenvalue weighted by Crippen LogP contribution is -2.40. The highest BCUT2D eigenvalue weighted by Gasteiger charge is 2.02. The molecule has 8 heteroatoms. The van der Waals surface area contributed by atoms with Crippen molar-refractivity contribution in [2.45, 2.75) is 53.0 Å². The number of hydrogen-bond donors (Lipinski definition) is 2. The summed E-state index contributed by atoms with van der Waals surface area (Å²) in [7, 11) is 0. The Balaban J connectivity index is 0.00000625. The van der Waals surface area contributed by atoms with Crippen molar-refractivity contribution < 1.29 is 4.74 Å². The molecule has 0 aliphatic rings. The van der Waals surface area contributed by atoms with Crippen LogP contribution in [0.1, 0.15) is 45.9 Å². The molecule has 0 unspecified atom stereocenters. The van der Waals surface area contributed by atoms with E-state index in [1.165, 1.54) is 6.42 Å². The number of hydrogen-bond acceptors (Lipinski definition) is 4. The third-order valence-electron chi connectivity index (χ3n) is 3.56. The molecule has 1 rings (SSSR count). The van der Waals surface area contributed by atoms with Gasteiger partial charge in [-0.25, -0.2) is 4.99 Å². The highest BCUT2D eigenvalue weighted by atomic mass is 127. The van der Waals surface area contributed by atoms with Gasteiger partial charge in [0.15, 0.2) is 5.96 Å². The van der Waals surface area contributed by atoms with Crippen molar-refractivity contribution in [1.29, 1.82) is 0 Å². The standard InChI is InChI=1S/C18H34N6O.HI/c1-5-7-12-25-13-8-9-19-18(21-14-16(3)4)20-10-11-24-15-22-23-17(24)6-2;/h15H,3,5-14H2,1-2,4H3,(H2,19,20,21);1H. The van der Waals surface area contributed by atoms with Crippen molar-refractivity contribution >= 4 is 29.9 Å². The van der Waals surface area contributed by atoms with E-state index >= 15 is 0 Å². The number of aliphatic imine (C=N–C) groups is 1. The molecular formula is C18H35IN6O. The minimum atomic E-state index is 0. The van der Waals surface area contributed by atoms with Gasteiger partial charge < -0.3 is 19.9 Å². The van der Waals surface area contributed by atoms with Crippen LogP contribution in [0, 0.1) is 0 Å². The molecule has 0 atom stereocenters. The molecule has 26 heavy (non-hydrogen) atoms. The number of aryl methyl sites for hydroxylation is 1. The van der Waals surface area contributed by atoms with E-state index < -0.39 is 0 Å². The molecule has 0 radical (unpaired) electrons. The third-order valence-corrected chi connectivity index (χ3v) is 3.56. The van der Waals surface area contributed by atoms with Gasteiger partial charge in [0, 0.05) is 39.3 Å². The van der Waals surface area contributed by atoms with Crippen LogP contribution in [0.5, 0.6) is 0 Å². The van der Waals surface area contributed by atoms with Gasteiger partial charge >= 0.3 is 0 Å². The van der Waals surface area contributed by atoms with Gasteiger partial charge in [-0.1, -0.05) is 32.4 Å². The van der Waals surface area contributed by atoms with Gasteiger partial charge in [-0.05, 0) is 19.8 Å². The predicted molar refractivity (Wildman–Crippen MR) is 118 cm³/mol. The smallest absolute Gasteiger partial charge is 0.191 e. The first-order valence-corrected chi connectivity index (χ1v) is 9.28. The number of nitrogens with zero attached hydrogens (tertiary/aromatic N) is 4. The van der Waals surface area contributed by atoms with Crippen molar-refractivity contribution in [3.8, 4) is 0 Å². The predicted octanol–water partition coefficient (Wildman–Crippen LogP) is 2.78. The number of rotatable bonds is 13. The number of halogens is 1. The maximum absolute atomic E-state index is 5.58. The third kappa shape index (κ3) is 11.5. The molecule has 1 heterocycles. The van der Waals surface area contributed by atoms with Gasteiger partial charge in [0.1, 0.15) is 12.2 Å². The van der Waals surface area contributed by atoms with Crippen molar-refractivity contribution in [2.24, 2.45) is 4.99 Å². The monoisotopic (exact) mass is 478 g/mol. The SMILES string of the molecule is C=C(C)CN=C(NCCCOCCCC)NCCn1cnnc1CC.I.